The van der Waals surface area contributed by atoms with Gasteiger partial charge in [-0.05, 0) is 18.4 Å². The number of carbonyl (C=O) groups is 1. The predicted octanol–water partition coefficient (Wildman–Crippen LogP) is 1.70. The molecule has 24 heavy (non-hydrogen) atoms. The molecule has 3 unspecified atom stereocenters. The van der Waals surface area contributed by atoms with Crippen molar-refractivity contribution < 1.29 is 14.6 Å². The number of aliphatic hydroxyl groups is 1. The highest BCUT2D eigenvalue weighted by Crippen LogP contribution is 2.19. The van der Waals surface area contributed by atoms with Crippen LogP contribution in [0.25, 0.3) is 0 Å². The zero-order chi connectivity index (χ0) is 16.8. The summed E-state index contributed by atoms with van der Waals surface area (Å²) in [5.74, 6) is -0.00693. The van der Waals surface area contributed by atoms with Crippen molar-refractivity contribution in [1.82, 2.24) is 10.2 Å². The minimum absolute atomic E-state index is 0.00693. The number of rotatable bonds is 5. The van der Waals surface area contributed by atoms with Gasteiger partial charge in [-0.1, -0.05) is 43.2 Å². The molecule has 2 N–H and O–H groups in total. The van der Waals surface area contributed by atoms with E-state index >= 15 is 0 Å². The van der Waals surface area contributed by atoms with Crippen LogP contribution in [0.2, 0.25) is 0 Å². The lowest BCUT2D eigenvalue weighted by Gasteiger charge is -2.33. The summed E-state index contributed by atoms with van der Waals surface area (Å²) in [7, 11) is 0. The Morgan fingerprint density at radius 1 is 1.25 bits per heavy atom. The van der Waals surface area contributed by atoms with Crippen molar-refractivity contribution in [3.8, 4) is 0 Å². The molecule has 1 aliphatic heterocycles. The van der Waals surface area contributed by atoms with Crippen LogP contribution in [0, 0.1) is 0 Å². The first-order chi connectivity index (χ1) is 11.7. The number of amides is 1. The molecule has 0 spiro atoms. The molecular formula is C19H28N2O3. The standard InChI is InChI=1S/C19H28N2O3/c22-18-9-5-4-8-17(18)20-19(23)12-16-14-21(10-11-24-16)13-15-6-2-1-3-7-15/h1-3,6-7,16-18,22H,4-5,8-14H2,(H,20,23). The number of nitrogens with zero attached hydrogens (tertiary/aromatic N) is 1. The predicted molar refractivity (Wildman–Crippen MR) is 92.5 cm³/mol. The molecule has 1 aromatic carbocycles. The Hall–Kier alpha value is -1.43. The Kier molecular flexibility index (Phi) is 6.24. The van der Waals surface area contributed by atoms with Gasteiger partial charge in [-0.15, -0.1) is 0 Å². The third-order valence-electron chi connectivity index (χ3n) is 4.96. The molecule has 0 radical (unpaired) electrons. The number of hydrogen-bond donors (Lipinski definition) is 2. The Morgan fingerprint density at radius 3 is 2.83 bits per heavy atom. The molecule has 1 aromatic rings. The third-order valence-corrected chi connectivity index (χ3v) is 4.96. The number of benzene rings is 1. The smallest absolute Gasteiger partial charge is 0.222 e. The molecule has 1 saturated heterocycles. The first-order valence-corrected chi connectivity index (χ1v) is 9.06. The highest BCUT2D eigenvalue weighted by molar-refractivity contribution is 5.76. The fraction of sp³-hybridized carbons (Fsp3) is 0.632. The van der Waals surface area contributed by atoms with Gasteiger partial charge in [0.15, 0.2) is 0 Å². The topological polar surface area (TPSA) is 61.8 Å². The van der Waals surface area contributed by atoms with Crippen LogP contribution in [-0.2, 0) is 16.1 Å². The molecule has 1 aliphatic carbocycles. The van der Waals surface area contributed by atoms with Crippen LogP contribution in [0.4, 0.5) is 0 Å². The lowest BCUT2D eigenvalue weighted by atomic mass is 9.92. The summed E-state index contributed by atoms with van der Waals surface area (Å²) in [5.41, 5.74) is 1.29. The van der Waals surface area contributed by atoms with E-state index in [2.05, 4.69) is 34.5 Å². The van der Waals surface area contributed by atoms with Crippen molar-refractivity contribution in [2.24, 2.45) is 0 Å². The molecule has 2 aliphatic rings. The highest BCUT2D eigenvalue weighted by Gasteiger charge is 2.27. The molecule has 3 rings (SSSR count). The van der Waals surface area contributed by atoms with E-state index in [1.165, 1.54) is 5.56 Å². The molecule has 1 saturated carbocycles. The molecule has 0 bridgehead atoms. The van der Waals surface area contributed by atoms with Crippen LogP contribution in [0.3, 0.4) is 0 Å². The summed E-state index contributed by atoms with van der Waals surface area (Å²) in [4.78, 5) is 14.6. The van der Waals surface area contributed by atoms with Gasteiger partial charge in [0.1, 0.15) is 0 Å². The third kappa shape index (κ3) is 5.03. The maximum atomic E-state index is 12.3. The zero-order valence-corrected chi connectivity index (χ0v) is 14.2. The monoisotopic (exact) mass is 332 g/mol. The number of nitrogens with one attached hydrogen (secondary N) is 1. The van der Waals surface area contributed by atoms with Gasteiger partial charge < -0.3 is 15.2 Å². The van der Waals surface area contributed by atoms with Gasteiger partial charge in [0.25, 0.3) is 0 Å². The first kappa shape index (κ1) is 17.4. The molecular weight excluding hydrogens is 304 g/mol. The van der Waals surface area contributed by atoms with E-state index in [9.17, 15) is 9.90 Å². The van der Waals surface area contributed by atoms with E-state index in [0.717, 1.165) is 45.3 Å². The van der Waals surface area contributed by atoms with Crippen LogP contribution in [0.15, 0.2) is 30.3 Å². The number of aliphatic hydroxyl groups excluding tert-OH is 1. The van der Waals surface area contributed by atoms with Gasteiger partial charge in [0.05, 0.1) is 31.3 Å². The van der Waals surface area contributed by atoms with Crippen molar-refractivity contribution in [2.75, 3.05) is 19.7 Å². The molecule has 5 heteroatoms. The second-order valence-electron chi connectivity index (χ2n) is 6.94. The van der Waals surface area contributed by atoms with Gasteiger partial charge in [-0.2, -0.15) is 0 Å². The number of carbonyl (C=O) groups excluding carboxylic acids is 1. The van der Waals surface area contributed by atoms with E-state index in [4.69, 9.17) is 4.74 Å². The summed E-state index contributed by atoms with van der Waals surface area (Å²) in [6, 6.07) is 10.3. The lowest BCUT2D eigenvalue weighted by molar-refractivity contribution is -0.128. The summed E-state index contributed by atoms with van der Waals surface area (Å²) in [6.07, 6.45) is 3.69. The Morgan fingerprint density at radius 2 is 2.04 bits per heavy atom. The highest BCUT2D eigenvalue weighted by atomic mass is 16.5. The Labute approximate surface area is 144 Å². The Balaban J connectivity index is 1.45. The molecule has 1 amide bonds. The first-order valence-electron chi connectivity index (χ1n) is 9.06. The fourth-order valence-electron chi connectivity index (χ4n) is 3.64. The second-order valence-corrected chi connectivity index (χ2v) is 6.94. The van der Waals surface area contributed by atoms with Crippen LogP contribution >= 0.6 is 0 Å². The zero-order valence-electron chi connectivity index (χ0n) is 14.2. The van der Waals surface area contributed by atoms with Crippen LogP contribution in [-0.4, -0.2) is 53.9 Å². The summed E-state index contributed by atoms with van der Waals surface area (Å²) < 4.78 is 5.77. The second kappa shape index (κ2) is 8.60. The van der Waals surface area contributed by atoms with E-state index < -0.39 is 6.10 Å². The largest absolute Gasteiger partial charge is 0.391 e. The van der Waals surface area contributed by atoms with E-state index in [1.807, 2.05) is 6.07 Å². The van der Waals surface area contributed by atoms with Crippen molar-refractivity contribution in [1.29, 1.82) is 0 Å². The van der Waals surface area contributed by atoms with E-state index in [-0.39, 0.29) is 18.1 Å². The Bertz CT molecular complexity index is 523. The number of hydrogen-bond acceptors (Lipinski definition) is 4. The van der Waals surface area contributed by atoms with Gasteiger partial charge in [-0.3, -0.25) is 9.69 Å². The molecule has 5 nitrogen and oxygen atoms in total. The van der Waals surface area contributed by atoms with Crippen LogP contribution < -0.4 is 5.32 Å². The van der Waals surface area contributed by atoms with E-state index in [0.29, 0.717) is 13.0 Å². The quantitative estimate of drug-likeness (QED) is 0.861. The van der Waals surface area contributed by atoms with Crippen molar-refractivity contribution in [2.45, 2.75) is 56.9 Å². The summed E-state index contributed by atoms with van der Waals surface area (Å²) >= 11 is 0. The minimum Gasteiger partial charge on any atom is -0.391 e. The normalized spacial score (nSPS) is 28.5. The number of ether oxygens (including phenoxy) is 1. The van der Waals surface area contributed by atoms with Gasteiger partial charge >= 0.3 is 0 Å². The molecule has 2 fully saturated rings. The fourth-order valence-corrected chi connectivity index (χ4v) is 3.64. The minimum atomic E-state index is -0.399. The molecule has 3 atom stereocenters. The van der Waals surface area contributed by atoms with Crippen molar-refractivity contribution >= 4 is 5.91 Å². The molecule has 0 aromatic heterocycles. The van der Waals surface area contributed by atoms with Gasteiger partial charge in [0.2, 0.25) is 5.91 Å². The molecule has 132 valence electrons. The summed E-state index contributed by atoms with van der Waals surface area (Å²) in [5, 5.41) is 13.0. The maximum Gasteiger partial charge on any atom is 0.222 e. The SMILES string of the molecule is O=C(CC1CN(Cc2ccccc2)CCO1)NC1CCCCC1O. The average molecular weight is 332 g/mol. The van der Waals surface area contributed by atoms with Crippen LogP contribution in [0.1, 0.15) is 37.7 Å². The number of morpholine rings is 1. The van der Waals surface area contributed by atoms with Crippen molar-refractivity contribution in [3.63, 3.8) is 0 Å². The van der Waals surface area contributed by atoms with Crippen LogP contribution in [0.5, 0.6) is 0 Å². The lowest BCUT2D eigenvalue weighted by Crippen LogP contribution is -2.48. The van der Waals surface area contributed by atoms with Gasteiger partial charge in [0, 0.05) is 19.6 Å². The summed E-state index contributed by atoms with van der Waals surface area (Å²) in [6.45, 7) is 3.23. The van der Waals surface area contributed by atoms with E-state index in [1.54, 1.807) is 0 Å². The maximum absolute atomic E-state index is 12.3. The van der Waals surface area contributed by atoms with Crippen molar-refractivity contribution in [3.05, 3.63) is 35.9 Å². The molecule has 1 heterocycles. The average Bonchev–Trinajstić information content (AvgIpc) is 2.58. The van der Waals surface area contributed by atoms with Gasteiger partial charge in [-0.25, -0.2) is 0 Å².